The maximum absolute atomic E-state index is 13.3. The Labute approximate surface area is 169 Å². The minimum atomic E-state index is -2.69. The summed E-state index contributed by atoms with van der Waals surface area (Å²) in [6.45, 7) is -0.0393. The minimum absolute atomic E-state index is 0.0393. The van der Waals surface area contributed by atoms with Crippen molar-refractivity contribution in [1.29, 1.82) is 0 Å². The first-order chi connectivity index (χ1) is 13.9. The number of hydrogen-bond acceptors (Lipinski definition) is 5. The zero-order valence-electron chi connectivity index (χ0n) is 15.3. The van der Waals surface area contributed by atoms with E-state index in [0.29, 0.717) is 10.5 Å². The first-order valence-electron chi connectivity index (χ1n) is 9.02. The summed E-state index contributed by atoms with van der Waals surface area (Å²) >= 11 is 0.824. The molecule has 1 saturated carbocycles. The standard InChI is InChI=1S/C20H16F2N4O2S/c21-20(22)9-7-15(8-10-20)17-18(27)25(19(28)29-17)12-1-2-14-3-5-16(6-4-14)26-13-11-23-24-26/h3-6,11,13H,7-10,12H2. The van der Waals surface area contributed by atoms with Gasteiger partial charge in [-0.15, -0.1) is 5.10 Å². The fraction of sp³-hybridized carbons (Fsp3) is 0.300. The number of benzene rings is 1. The Bertz CT molecular complexity index is 1020. The topological polar surface area (TPSA) is 68.1 Å². The smallest absolute Gasteiger partial charge is 0.268 e. The van der Waals surface area contributed by atoms with Crippen molar-refractivity contribution in [3.05, 3.63) is 52.7 Å². The average Bonchev–Trinajstić information content (AvgIpc) is 3.33. The fourth-order valence-corrected chi connectivity index (χ4v) is 4.14. The van der Waals surface area contributed by atoms with E-state index in [4.69, 9.17) is 0 Å². The summed E-state index contributed by atoms with van der Waals surface area (Å²) in [7, 11) is 0. The first kappa shape index (κ1) is 19.3. The Morgan fingerprint density at radius 3 is 2.52 bits per heavy atom. The molecular formula is C20H16F2N4O2S. The predicted molar refractivity (Wildman–Crippen MR) is 103 cm³/mol. The second-order valence-electron chi connectivity index (χ2n) is 6.74. The number of carbonyl (C=O) groups is 2. The average molecular weight is 414 g/mol. The summed E-state index contributed by atoms with van der Waals surface area (Å²) in [4.78, 5) is 26.1. The summed E-state index contributed by atoms with van der Waals surface area (Å²) in [6, 6.07) is 7.29. The maximum atomic E-state index is 13.3. The van der Waals surface area contributed by atoms with Gasteiger partial charge < -0.3 is 0 Å². The van der Waals surface area contributed by atoms with Gasteiger partial charge in [0.15, 0.2) is 0 Å². The summed E-state index contributed by atoms with van der Waals surface area (Å²) in [6.07, 6.45) is 3.04. The molecule has 29 heavy (non-hydrogen) atoms. The van der Waals surface area contributed by atoms with Gasteiger partial charge in [0.25, 0.3) is 11.1 Å². The largest absolute Gasteiger partial charge is 0.294 e. The number of alkyl halides is 2. The highest BCUT2D eigenvalue weighted by atomic mass is 32.2. The van der Waals surface area contributed by atoms with E-state index in [1.807, 2.05) is 24.3 Å². The van der Waals surface area contributed by atoms with Crippen LogP contribution in [0.5, 0.6) is 0 Å². The molecule has 2 fully saturated rings. The van der Waals surface area contributed by atoms with Gasteiger partial charge in [0.2, 0.25) is 5.92 Å². The number of aromatic nitrogens is 3. The van der Waals surface area contributed by atoms with Crippen molar-refractivity contribution in [2.75, 3.05) is 6.54 Å². The Morgan fingerprint density at radius 1 is 1.14 bits per heavy atom. The summed E-state index contributed by atoms with van der Waals surface area (Å²) in [5, 5.41) is 7.24. The Kier molecular flexibility index (Phi) is 5.20. The molecular weight excluding hydrogens is 398 g/mol. The van der Waals surface area contributed by atoms with Crippen LogP contribution in [0.15, 0.2) is 47.1 Å². The van der Waals surface area contributed by atoms with Crippen molar-refractivity contribution in [2.45, 2.75) is 31.6 Å². The highest BCUT2D eigenvalue weighted by molar-refractivity contribution is 8.18. The summed E-state index contributed by atoms with van der Waals surface area (Å²) in [5.41, 5.74) is 2.22. The van der Waals surface area contributed by atoms with Gasteiger partial charge in [-0.2, -0.15) is 0 Å². The fourth-order valence-electron chi connectivity index (χ4n) is 3.16. The van der Waals surface area contributed by atoms with E-state index < -0.39 is 17.1 Å². The molecule has 4 rings (SSSR count). The van der Waals surface area contributed by atoms with Crippen LogP contribution in [0, 0.1) is 11.8 Å². The van der Waals surface area contributed by atoms with Crippen LogP contribution in [-0.2, 0) is 4.79 Å². The van der Waals surface area contributed by atoms with Crippen molar-refractivity contribution in [1.82, 2.24) is 19.9 Å². The van der Waals surface area contributed by atoms with E-state index in [9.17, 15) is 18.4 Å². The SMILES string of the molecule is O=C1SC(=C2CCC(F)(F)CC2)C(=O)N1CC#Cc1ccc(-n2ccnn2)cc1. The monoisotopic (exact) mass is 414 g/mol. The Balaban J connectivity index is 1.42. The number of carbonyl (C=O) groups excluding carboxylic acids is 2. The van der Waals surface area contributed by atoms with Crippen LogP contribution in [0.1, 0.15) is 31.2 Å². The number of rotatable bonds is 2. The molecule has 148 valence electrons. The van der Waals surface area contributed by atoms with Gasteiger partial charge in [-0.1, -0.05) is 22.6 Å². The van der Waals surface area contributed by atoms with Crippen molar-refractivity contribution >= 4 is 22.9 Å². The molecule has 2 heterocycles. The molecule has 1 aromatic carbocycles. The van der Waals surface area contributed by atoms with Crippen molar-refractivity contribution < 1.29 is 18.4 Å². The van der Waals surface area contributed by atoms with E-state index in [1.165, 1.54) is 0 Å². The van der Waals surface area contributed by atoms with E-state index in [2.05, 4.69) is 22.2 Å². The zero-order chi connectivity index (χ0) is 20.4. The highest BCUT2D eigenvalue weighted by Crippen LogP contribution is 2.42. The molecule has 2 aliphatic rings. The van der Waals surface area contributed by atoms with Crippen LogP contribution in [0.4, 0.5) is 13.6 Å². The molecule has 0 bridgehead atoms. The van der Waals surface area contributed by atoms with Gasteiger partial charge >= 0.3 is 0 Å². The van der Waals surface area contributed by atoms with Gasteiger partial charge in [-0.05, 0) is 48.9 Å². The van der Waals surface area contributed by atoms with Gasteiger partial charge in [-0.25, -0.2) is 13.5 Å². The zero-order valence-corrected chi connectivity index (χ0v) is 16.1. The van der Waals surface area contributed by atoms with Crippen molar-refractivity contribution in [3.8, 4) is 17.5 Å². The summed E-state index contributed by atoms with van der Waals surface area (Å²) < 4.78 is 28.3. The van der Waals surface area contributed by atoms with Crippen LogP contribution in [0.2, 0.25) is 0 Å². The molecule has 0 radical (unpaired) electrons. The molecule has 2 amide bonds. The molecule has 9 heteroatoms. The van der Waals surface area contributed by atoms with Gasteiger partial charge in [-0.3, -0.25) is 14.5 Å². The Morgan fingerprint density at radius 2 is 1.86 bits per heavy atom. The third-order valence-corrected chi connectivity index (χ3v) is 5.84. The van der Waals surface area contributed by atoms with Crippen LogP contribution in [0.25, 0.3) is 5.69 Å². The van der Waals surface area contributed by atoms with Crippen LogP contribution >= 0.6 is 11.8 Å². The molecule has 1 aliphatic heterocycles. The number of amides is 2. The van der Waals surface area contributed by atoms with E-state index >= 15 is 0 Å². The lowest BCUT2D eigenvalue weighted by Crippen LogP contribution is -2.29. The highest BCUT2D eigenvalue weighted by Gasteiger charge is 2.40. The van der Waals surface area contributed by atoms with E-state index in [0.717, 1.165) is 27.9 Å². The molecule has 0 spiro atoms. The molecule has 1 aromatic heterocycles. The number of allylic oxidation sites excluding steroid dienone is 1. The molecule has 1 saturated heterocycles. The van der Waals surface area contributed by atoms with E-state index in [1.54, 1.807) is 17.1 Å². The number of nitrogens with zero attached hydrogens (tertiary/aromatic N) is 4. The normalized spacial score (nSPS) is 18.8. The van der Waals surface area contributed by atoms with Crippen molar-refractivity contribution in [3.63, 3.8) is 0 Å². The van der Waals surface area contributed by atoms with Gasteiger partial charge in [0.1, 0.15) is 0 Å². The molecule has 0 atom stereocenters. The lowest BCUT2D eigenvalue weighted by molar-refractivity contribution is -0.122. The van der Waals surface area contributed by atoms with Gasteiger partial charge in [0, 0.05) is 18.4 Å². The van der Waals surface area contributed by atoms with Crippen LogP contribution in [-0.4, -0.2) is 43.5 Å². The van der Waals surface area contributed by atoms with Gasteiger partial charge in [0.05, 0.1) is 29.5 Å². The maximum Gasteiger partial charge on any atom is 0.294 e. The van der Waals surface area contributed by atoms with Crippen LogP contribution < -0.4 is 0 Å². The third-order valence-electron chi connectivity index (χ3n) is 4.78. The van der Waals surface area contributed by atoms with E-state index in [-0.39, 0.29) is 32.2 Å². The number of hydrogen-bond donors (Lipinski definition) is 0. The number of thioether (sulfide) groups is 1. The molecule has 0 N–H and O–H groups in total. The third kappa shape index (κ3) is 4.22. The quantitative estimate of drug-likeness (QED) is 0.553. The minimum Gasteiger partial charge on any atom is -0.268 e. The number of halogens is 2. The van der Waals surface area contributed by atoms with Crippen molar-refractivity contribution in [2.24, 2.45) is 0 Å². The molecule has 6 nitrogen and oxygen atoms in total. The lowest BCUT2D eigenvalue weighted by atomic mass is 9.91. The summed E-state index contributed by atoms with van der Waals surface area (Å²) in [5.74, 6) is 2.64. The lowest BCUT2D eigenvalue weighted by Gasteiger charge is -2.24. The first-order valence-corrected chi connectivity index (χ1v) is 9.84. The predicted octanol–water partition coefficient (Wildman–Crippen LogP) is 3.78. The molecule has 1 aliphatic carbocycles. The Hall–Kier alpha value is -2.99. The number of imide groups is 1. The van der Waals surface area contributed by atoms with Crippen LogP contribution in [0.3, 0.4) is 0 Å². The second kappa shape index (κ2) is 7.79. The molecule has 2 aromatic rings. The second-order valence-corrected chi connectivity index (χ2v) is 7.71. The molecule has 0 unspecified atom stereocenters.